The quantitative estimate of drug-likeness (QED) is 0.801. The first-order chi connectivity index (χ1) is 12.3. The van der Waals surface area contributed by atoms with E-state index in [1.807, 2.05) is 30.0 Å². The molecule has 4 nitrogen and oxygen atoms in total. The van der Waals surface area contributed by atoms with E-state index in [-0.39, 0.29) is 12.3 Å². The van der Waals surface area contributed by atoms with Crippen molar-refractivity contribution >= 4 is 17.5 Å². The molecule has 25 heavy (non-hydrogen) atoms. The number of fused-ring (bicyclic) bond motifs is 3. The molecule has 0 amide bonds. The average Bonchev–Trinajstić information content (AvgIpc) is 3.12. The Morgan fingerprint density at radius 3 is 2.76 bits per heavy atom. The number of rotatable bonds is 5. The summed E-state index contributed by atoms with van der Waals surface area (Å²) in [6.07, 6.45) is 4.00. The smallest absolute Gasteiger partial charge is 0.188 e. The van der Waals surface area contributed by atoms with Gasteiger partial charge in [-0.05, 0) is 47.9 Å². The van der Waals surface area contributed by atoms with Crippen LogP contribution in [0.4, 0.5) is 0 Å². The van der Waals surface area contributed by atoms with Gasteiger partial charge in [-0.25, -0.2) is 0 Å². The highest BCUT2D eigenvalue weighted by molar-refractivity contribution is 7.98. The maximum atomic E-state index is 6.25. The van der Waals surface area contributed by atoms with E-state index in [1.54, 1.807) is 7.11 Å². The Labute approximate surface area is 152 Å². The topological polar surface area (TPSA) is 34.1 Å². The van der Waals surface area contributed by atoms with Crippen molar-refractivity contribution in [3.63, 3.8) is 0 Å². The molecule has 0 aromatic heterocycles. The predicted molar refractivity (Wildman–Crippen MR) is 103 cm³/mol. The Morgan fingerprint density at radius 2 is 2.00 bits per heavy atom. The molecule has 0 spiro atoms. The van der Waals surface area contributed by atoms with Crippen LogP contribution in [-0.2, 0) is 0 Å². The molecule has 0 saturated heterocycles. The summed E-state index contributed by atoms with van der Waals surface area (Å²) in [5, 5.41) is 7.11. The largest absolute Gasteiger partial charge is 0.497 e. The van der Waals surface area contributed by atoms with Crippen molar-refractivity contribution in [2.24, 2.45) is 5.10 Å². The normalized spacial score (nSPS) is 21.2. The number of para-hydroxylation sites is 1. The van der Waals surface area contributed by atoms with E-state index < -0.39 is 0 Å². The van der Waals surface area contributed by atoms with Gasteiger partial charge in [0.1, 0.15) is 11.5 Å². The molecule has 0 fully saturated rings. The first-order valence-corrected chi connectivity index (χ1v) is 9.94. The Balaban J connectivity index is 1.65. The lowest BCUT2D eigenvalue weighted by Crippen LogP contribution is -2.40. The number of thioether (sulfide) groups is 1. The van der Waals surface area contributed by atoms with Crippen LogP contribution >= 0.6 is 11.8 Å². The van der Waals surface area contributed by atoms with E-state index in [4.69, 9.17) is 14.6 Å². The summed E-state index contributed by atoms with van der Waals surface area (Å²) in [7, 11) is 1.69. The van der Waals surface area contributed by atoms with Crippen LogP contribution in [0.15, 0.2) is 53.6 Å². The number of benzene rings is 2. The summed E-state index contributed by atoms with van der Waals surface area (Å²) >= 11 is 1.84. The number of hydrogen-bond donors (Lipinski definition) is 0. The Kier molecular flexibility index (Phi) is 4.57. The van der Waals surface area contributed by atoms with Gasteiger partial charge in [0.15, 0.2) is 6.23 Å². The van der Waals surface area contributed by atoms with E-state index in [0.29, 0.717) is 0 Å². The van der Waals surface area contributed by atoms with Gasteiger partial charge in [0.25, 0.3) is 0 Å². The SMILES string of the molecule is COc1ccc(C2=NN3[C@H](CCSC)Oc4ccccc4[C@@H]3C2)cc1. The third kappa shape index (κ3) is 3.09. The Hall–Kier alpha value is -2.14. The van der Waals surface area contributed by atoms with Gasteiger partial charge in [0.05, 0.1) is 18.9 Å². The van der Waals surface area contributed by atoms with Gasteiger partial charge >= 0.3 is 0 Å². The van der Waals surface area contributed by atoms with Crippen LogP contribution in [0.3, 0.4) is 0 Å². The van der Waals surface area contributed by atoms with E-state index in [2.05, 4.69) is 41.6 Å². The van der Waals surface area contributed by atoms with Crippen molar-refractivity contribution in [3.8, 4) is 11.5 Å². The number of nitrogens with zero attached hydrogens (tertiary/aromatic N) is 2. The number of ether oxygens (including phenoxy) is 2. The lowest BCUT2D eigenvalue weighted by Gasteiger charge is -2.38. The second kappa shape index (κ2) is 7.00. The maximum Gasteiger partial charge on any atom is 0.188 e. The molecule has 2 heterocycles. The molecule has 0 radical (unpaired) electrons. The predicted octanol–water partition coefficient (Wildman–Crippen LogP) is 4.32. The molecule has 2 atom stereocenters. The molecule has 4 rings (SSSR count). The summed E-state index contributed by atoms with van der Waals surface area (Å²) in [6.45, 7) is 0. The molecule has 2 aliphatic heterocycles. The lowest BCUT2D eigenvalue weighted by atomic mass is 9.96. The third-order valence-corrected chi connectivity index (χ3v) is 5.41. The maximum absolute atomic E-state index is 6.25. The second-order valence-electron chi connectivity index (χ2n) is 6.27. The molecule has 2 aliphatic rings. The molecular weight excluding hydrogens is 332 g/mol. The van der Waals surface area contributed by atoms with Gasteiger partial charge < -0.3 is 9.47 Å². The first-order valence-electron chi connectivity index (χ1n) is 8.55. The number of hydrazone groups is 1. The van der Waals surface area contributed by atoms with Crippen LogP contribution in [-0.4, -0.2) is 36.1 Å². The second-order valence-corrected chi connectivity index (χ2v) is 7.25. The monoisotopic (exact) mass is 354 g/mol. The van der Waals surface area contributed by atoms with Crippen molar-refractivity contribution in [2.75, 3.05) is 19.1 Å². The molecule has 2 aromatic rings. The molecule has 0 aliphatic carbocycles. The minimum absolute atomic E-state index is 0.00287. The van der Waals surface area contributed by atoms with Crippen LogP contribution in [0, 0.1) is 0 Å². The third-order valence-electron chi connectivity index (χ3n) is 4.77. The molecule has 0 bridgehead atoms. The highest BCUT2D eigenvalue weighted by Gasteiger charge is 2.39. The van der Waals surface area contributed by atoms with Gasteiger partial charge in [0, 0.05) is 18.4 Å². The van der Waals surface area contributed by atoms with Crippen LogP contribution in [0.5, 0.6) is 11.5 Å². The minimum atomic E-state index is 0.00287. The number of methoxy groups -OCH3 is 1. The van der Waals surface area contributed by atoms with Crippen LogP contribution in [0.25, 0.3) is 0 Å². The zero-order valence-electron chi connectivity index (χ0n) is 14.5. The number of hydrogen-bond acceptors (Lipinski definition) is 5. The molecule has 130 valence electrons. The van der Waals surface area contributed by atoms with Crippen molar-refractivity contribution in [3.05, 3.63) is 59.7 Å². The molecule has 0 N–H and O–H groups in total. The fourth-order valence-corrected chi connectivity index (χ4v) is 3.91. The highest BCUT2D eigenvalue weighted by atomic mass is 32.2. The zero-order valence-corrected chi connectivity index (χ0v) is 15.3. The first kappa shape index (κ1) is 16.3. The average molecular weight is 354 g/mol. The van der Waals surface area contributed by atoms with E-state index in [9.17, 15) is 0 Å². The Morgan fingerprint density at radius 1 is 1.20 bits per heavy atom. The van der Waals surface area contributed by atoms with Gasteiger partial charge in [-0.1, -0.05) is 18.2 Å². The minimum Gasteiger partial charge on any atom is -0.497 e. The summed E-state index contributed by atoms with van der Waals surface area (Å²) < 4.78 is 11.5. The standard InChI is InChI=1S/C20H22N2O2S/c1-23-15-9-7-14(8-10-15)17-13-18-16-5-3-4-6-19(16)24-20(11-12-25-2)22(18)21-17/h3-10,18,20H,11-13H2,1-2H3/t18-,20-/m0/s1. The van der Waals surface area contributed by atoms with Gasteiger partial charge in [-0.3, -0.25) is 5.01 Å². The van der Waals surface area contributed by atoms with Crippen LogP contribution < -0.4 is 9.47 Å². The Bertz CT molecular complexity index is 776. The highest BCUT2D eigenvalue weighted by Crippen LogP contribution is 2.43. The molecule has 0 saturated carbocycles. The van der Waals surface area contributed by atoms with Crippen molar-refractivity contribution < 1.29 is 9.47 Å². The lowest BCUT2D eigenvalue weighted by molar-refractivity contribution is -0.0180. The molecule has 0 unspecified atom stereocenters. The molecule has 5 heteroatoms. The molecule has 2 aromatic carbocycles. The fourth-order valence-electron chi connectivity index (χ4n) is 3.48. The summed E-state index contributed by atoms with van der Waals surface area (Å²) in [4.78, 5) is 0. The van der Waals surface area contributed by atoms with E-state index in [0.717, 1.165) is 41.4 Å². The van der Waals surface area contributed by atoms with Crippen molar-refractivity contribution in [1.82, 2.24) is 5.01 Å². The van der Waals surface area contributed by atoms with Gasteiger partial charge in [-0.2, -0.15) is 16.9 Å². The van der Waals surface area contributed by atoms with Crippen LogP contribution in [0.2, 0.25) is 0 Å². The summed E-state index contributed by atoms with van der Waals surface area (Å²) in [5.41, 5.74) is 3.49. The summed E-state index contributed by atoms with van der Waals surface area (Å²) in [6, 6.07) is 16.8. The van der Waals surface area contributed by atoms with Gasteiger partial charge in [-0.15, -0.1) is 0 Å². The van der Waals surface area contributed by atoms with Crippen LogP contribution in [0.1, 0.15) is 30.0 Å². The zero-order chi connectivity index (χ0) is 17.2. The van der Waals surface area contributed by atoms with Gasteiger partial charge in [0.2, 0.25) is 0 Å². The summed E-state index contributed by atoms with van der Waals surface area (Å²) in [5.74, 6) is 2.93. The fraction of sp³-hybridized carbons (Fsp3) is 0.350. The molecular formula is C20H22N2O2S. The van der Waals surface area contributed by atoms with Crippen molar-refractivity contribution in [1.29, 1.82) is 0 Å². The van der Waals surface area contributed by atoms with E-state index in [1.165, 1.54) is 5.56 Å². The van der Waals surface area contributed by atoms with Crippen molar-refractivity contribution in [2.45, 2.75) is 25.1 Å². The van der Waals surface area contributed by atoms with E-state index >= 15 is 0 Å².